The number of benzene rings is 1. The number of aromatic amines is 1. The van der Waals surface area contributed by atoms with Crippen LogP contribution in [-0.2, 0) is 10.0 Å². The Labute approximate surface area is 96.7 Å². The summed E-state index contributed by atoms with van der Waals surface area (Å²) in [4.78, 5) is 6.00. The highest BCUT2D eigenvalue weighted by Gasteiger charge is 2.17. The lowest BCUT2D eigenvalue weighted by Crippen LogP contribution is -2.14. The average molecular weight is 256 g/mol. The molecule has 0 amide bonds. The molecule has 2 aromatic rings. The number of H-pyrrole nitrogens is 1. The summed E-state index contributed by atoms with van der Waals surface area (Å²) in [5.41, 5.74) is 5.39. The molecule has 0 radical (unpaired) electrons. The number of nitrogens with zero attached hydrogens (tertiary/aromatic N) is 1. The molecule has 2 rings (SSSR count). The van der Waals surface area contributed by atoms with Crippen LogP contribution >= 0.6 is 0 Å². The van der Waals surface area contributed by atoms with E-state index in [4.69, 9.17) is 5.73 Å². The largest absolute Gasteiger partial charge is 0.399 e. The molecule has 6 nitrogen and oxygen atoms in total. The Morgan fingerprint density at radius 3 is 2.76 bits per heavy atom. The van der Waals surface area contributed by atoms with Crippen LogP contribution in [0.5, 0.6) is 0 Å². The fourth-order valence-corrected chi connectivity index (χ4v) is 2.18. The van der Waals surface area contributed by atoms with Crippen LogP contribution in [0.25, 0.3) is 0 Å². The highest BCUT2D eigenvalue weighted by molar-refractivity contribution is 7.92. The third-order valence-corrected chi connectivity index (χ3v) is 3.29. The zero-order chi connectivity index (χ0) is 12.5. The quantitative estimate of drug-likeness (QED) is 0.711. The molecule has 1 aromatic carbocycles. The minimum atomic E-state index is -3.85. The van der Waals surface area contributed by atoms with Crippen molar-refractivity contribution in [2.75, 3.05) is 10.5 Å². The molecule has 1 aromatic heterocycles. The lowest BCUT2D eigenvalue weighted by Gasteiger charge is -2.07. The van der Waals surface area contributed by atoms with Gasteiger partial charge in [-0.25, -0.2) is 9.37 Å². The molecule has 0 spiro atoms. The number of sulfonamides is 1. The monoisotopic (exact) mass is 256 g/mol. The molecule has 8 heteroatoms. The van der Waals surface area contributed by atoms with Crippen molar-refractivity contribution in [1.82, 2.24) is 9.97 Å². The molecule has 17 heavy (non-hydrogen) atoms. The Hall–Kier alpha value is -2.09. The maximum absolute atomic E-state index is 13.4. The average Bonchev–Trinajstić information content (AvgIpc) is 2.76. The molecule has 90 valence electrons. The van der Waals surface area contributed by atoms with Gasteiger partial charge in [0.25, 0.3) is 10.0 Å². The van der Waals surface area contributed by atoms with E-state index in [0.29, 0.717) is 0 Å². The van der Waals surface area contributed by atoms with Crippen molar-refractivity contribution < 1.29 is 12.8 Å². The van der Waals surface area contributed by atoms with Crippen molar-refractivity contribution in [1.29, 1.82) is 0 Å². The zero-order valence-corrected chi connectivity index (χ0v) is 9.33. The summed E-state index contributed by atoms with van der Waals surface area (Å²) in [7, 11) is -3.85. The van der Waals surface area contributed by atoms with E-state index in [-0.39, 0.29) is 16.4 Å². The van der Waals surface area contributed by atoms with Gasteiger partial charge in [0.2, 0.25) is 0 Å². The van der Waals surface area contributed by atoms with Crippen LogP contribution in [0.3, 0.4) is 0 Å². The molecular formula is C9H9FN4O2S. The summed E-state index contributed by atoms with van der Waals surface area (Å²) < 4.78 is 38.9. The number of rotatable bonds is 3. The van der Waals surface area contributed by atoms with E-state index in [1.165, 1.54) is 18.5 Å². The van der Waals surface area contributed by atoms with Crippen LogP contribution in [-0.4, -0.2) is 18.4 Å². The van der Waals surface area contributed by atoms with E-state index in [9.17, 15) is 12.8 Å². The molecule has 0 fully saturated rings. The van der Waals surface area contributed by atoms with Crippen LogP contribution in [0.1, 0.15) is 0 Å². The van der Waals surface area contributed by atoms with E-state index in [1.807, 2.05) is 0 Å². The minimum absolute atomic E-state index is 0.145. The van der Waals surface area contributed by atoms with Crippen molar-refractivity contribution >= 4 is 21.4 Å². The number of imidazole rings is 1. The second kappa shape index (κ2) is 4.06. The van der Waals surface area contributed by atoms with Crippen LogP contribution in [0, 0.1) is 5.82 Å². The predicted octanol–water partition coefficient (Wildman–Crippen LogP) is 0.932. The van der Waals surface area contributed by atoms with E-state index < -0.39 is 15.8 Å². The summed E-state index contributed by atoms with van der Waals surface area (Å²) in [6.45, 7) is 0. The van der Waals surface area contributed by atoms with Gasteiger partial charge in [0, 0.05) is 5.69 Å². The fourth-order valence-electron chi connectivity index (χ4n) is 1.20. The predicted molar refractivity (Wildman–Crippen MR) is 60.2 cm³/mol. The smallest absolute Gasteiger partial charge is 0.279 e. The van der Waals surface area contributed by atoms with Gasteiger partial charge in [-0.15, -0.1) is 0 Å². The Bertz CT molecular complexity index is 624. The molecule has 0 saturated heterocycles. The second-order valence-corrected chi connectivity index (χ2v) is 4.91. The van der Waals surface area contributed by atoms with Crippen LogP contribution in [0.2, 0.25) is 0 Å². The van der Waals surface area contributed by atoms with Crippen molar-refractivity contribution in [3.63, 3.8) is 0 Å². The van der Waals surface area contributed by atoms with Crippen LogP contribution < -0.4 is 10.5 Å². The summed E-state index contributed by atoms with van der Waals surface area (Å²) in [5.74, 6) is -0.743. The highest BCUT2D eigenvalue weighted by atomic mass is 32.2. The fraction of sp³-hybridized carbons (Fsp3) is 0. The van der Waals surface area contributed by atoms with Gasteiger partial charge >= 0.3 is 0 Å². The molecule has 1 heterocycles. The topological polar surface area (TPSA) is 101 Å². The molecular weight excluding hydrogens is 247 g/mol. The summed E-state index contributed by atoms with van der Waals surface area (Å²) in [6, 6.07) is 3.68. The maximum atomic E-state index is 13.4. The molecule has 4 N–H and O–H groups in total. The lowest BCUT2D eigenvalue weighted by molar-refractivity contribution is 0.596. The maximum Gasteiger partial charge on any atom is 0.279 e. The van der Waals surface area contributed by atoms with Crippen LogP contribution in [0.4, 0.5) is 15.8 Å². The highest BCUT2D eigenvalue weighted by Crippen LogP contribution is 2.19. The van der Waals surface area contributed by atoms with Crippen molar-refractivity contribution in [3.05, 3.63) is 36.5 Å². The van der Waals surface area contributed by atoms with Gasteiger partial charge in [-0.3, -0.25) is 4.72 Å². The number of nitrogens with two attached hydrogens (primary N) is 1. The van der Waals surface area contributed by atoms with Gasteiger partial charge in [-0.2, -0.15) is 8.42 Å². The number of hydrogen-bond acceptors (Lipinski definition) is 4. The first-order valence-corrected chi connectivity index (χ1v) is 6.03. The number of anilines is 2. The standard InChI is InChI=1S/C9H9FN4O2S/c10-7-3-6(11)1-2-8(7)14-17(15,16)9-4-12-5-13-9/h1-5,14H,11H2,(H,12,13). The third-order valence-electron chi connectivity index (χ3n) is 2.00. The lowest BCUT2D eigenvalue weighted by atomic mass is 10.3. The molecule has 0 unspecified atom stereocenters. The first kappa shape index (κ1) is 11.4. The van der Waals surface area contributed by atoms with Gasteiger partial charge in [-0.05, 0) is 18.2 Å². The SMILES string of the molecule is Nc1ccc(NS(=O)(=O)c2cnc[nH]2)c(F)c1. The molecule has 0 bridgehead atoms. The number of aromatic nitrogens is 2. The van der Waals surface area contributed by atoms with Crippen molar-refractivity contribution in [3.8, 4) is 0 Å². The van der Waals surface area contributed by atoms with Crippen molar-refractivity contribution in [2.24, 2.45) is 0 Å². The Balaban J connectivity index is 2.33. The third kappa shape index (κ3) is 2.36. The second-order valence-electron chi connectivity index (χ2n) is 3.26. The number of hydrogen-bond donors (Lipinski definition) is 3. The Kier molecular flexibility index (Phi) is 2.72. The summed E-state index contributed by atoms with van der Waals surface area (Å²) >= 11 is 0. The molecule has 0 aliphatic heterocycles. The molecule has 0 saturated carbocycles. The first-order chi connectivity index (χ1) is 7.99. The van der Waals surface area contributed by atoms with E-state index >= 15 is 0 Å². The summed E-state index contributed by atoms with van der Waals surface area (Å²) in [6.07, 6.45) is 2.34. The van der Waals surface area contributed by atoms with Gasteiger partial charge in [0.05, 0.1) is 18.2 Å². The van der Waals surface area contributed by atoms with Crippen LogP contribution in [0.15, 0.2) is 35.7 Å². The Morgan fingerprint density at radius 1 is 1.41 bits per heavy atom. The molecule has 0 aliphatic carbocycles. The van der Waals surface area contributed by atoms with Gasteiger partial charge < -0.3 is 10.7 Å². The van der Waals surface area contributed by atoms with E-state index in [1.54, 1.807) is 0 Å². The van der Waals surface area contributed by atoms with Crippen molar-refractivity contribution in [2.45, 2.75) is 5.03 Å². The number of nitrogen functional groups attached to an aromatic ring is 1. The first-order valence-electron chi connectivity index (χ1n) is 4.55. The van der Waals surface area contributed by atoms with E-state index in [2.05, 4.69) is 14.7 Å². The van der Waals surface area contributed by atoms with Gasteiger partial charge in [-0.1, -0.05) is 0 Å². The van der Waals surface area contributed by atoms with Gasteiger partial charge in [0.15, 0.2) is 5.03 Å². The molecule has 0 atom stereocenters. The number of nitrogens with one attached hydrogen (secondary N) is 2. The number of halogens is 1. The minimum Gasteiger partial charge on any atom is -0.399 e. The Morgan fingerprint density at radius 2 is 2.18 bits per heavy atom. The van der Waals surface area contributed by atoms with E-state index in [0.717, 1.165) is 12.3 Å². The zero-order valence-electron chi connectivity index (χ0n) is 8.51. The summed E-state index contributed by atoms with van der Waals surface area (Å²) in [5, 5.41) is -0.145. The molecule has 0 aliphatic rings. The normalized spacial score (nSPS) is 11.4. The van der Waals surface area contributed by atoms with Gasteiger partial charge in [0.1, 0.15) is 5.82 Å².